The largest absolute Gasteiger partial charge is 0.477 e. The Labute approximate surface area is 188 Å². The molecule has 4 rings (SSSR count). The molecule has 14 heteroatoms. The average molecular weight is 487 g/mol. The van der Waals surface area contributed by atoms with E-state index in [1.807, 2.05) is 6.92 Å². The number of nitrogens with one attached hydrogen (secondary N) is 1. The number of halogens is 1. The first-order valence-corrected chi connectivity index (χ1v) is 11.8. The van der Waals surface area contributed by atoms with Crippen molar-refractivity contribution in [3.63, 3.8) is 0 Å². The number of β-lactam (4-membered cyclic amide) rings is 1. The Morgan fingerprint density at radius 3 is 2.80 bits per heavy atom. The highest BCUT2D eigenvalue weighted by Crippen LogP contribution is 2.41. The van der Waals surface area contributed by atoms with Crippen LogP contribution in [0.25, 0.3) is 0 Å². The highest BCUT2D eigenvalue weighted by atomic mass is 35.5. The second kappa shape index (κ2) is 8.21. The van der Waals surface area contributed by atoms with Crippen LogP contribution in [0.1, 0.15) is 15.5 Å². The molecule has 2 aromatic rings. The number of aromatic nitrogens is 4. The summed E-state index contributed by atoms with van der Waals surface area (Å²) in [6.45, 7) is 1.84. The minimum Gasteiger partial charge on any atom is -0.477 e. The number of carbonyl (C=O) groups is 3. The van der Waals surface area contributed by atoms with E-state index in [0.717, 1.165) is 9.35 Å². The number of nitrogens with zero attached hydrogens (tertiary/aromatic N) is 5. The van der Waals surface area contributed by atoms with Gasteiger partial charge in [0.1, 0.15) is 27.8 Å². The van der Waals surface area contributed by atoms with Crippen LogP contribution < -0.4 is 5.32 Å². The van der Waals surface area contributed by atoms with E-state index in [1.54, 1.807) is 7.05 Å². The monoisotopic (exact) mass is 486 g/mol. The zero-order chi connectivity index (χ0) is 21.6. The van der Waals surface area contributed by atoms with Gasteiger partial charge in [-0.05, 0) is 12.5 Å². The minimum atomic E-state index is -1.17. The Kier molecular flexibility index (Phi) is 5.79. The summed E-state index contributed by atoms with van der Waals surface area (Å²) in [5.74, 6) is -1.35. The molecule has 0 spiro atoms. The van der Waals surface area contributed by atoms with E-state index >= 15 is 0 Å². The third-order valence-corrected chi connectivity index (χ3v) is 8.20. The van der Waals surface area contributed by atoms with Gasteiger partial charge in [0.15, 0.2) is 4.34 Å². The van der Waals surface area contributed by atoms with Gasteiger partial charge in [-0.15, -0.1) is 22.0 Å². The zero-order valence-electron chi connectivity index (χ0n) is 15.7. The molecular weight excluding hydrogens is 472 g/mol. The van der Waals surface area contributed by atoms with Crippen molar-refractivity contribution in [2.24, 2.45) is 7.05 Å². The molecule has 0 radical (unpaired) electrons. The normalized spacial score (nSPS) is 20.8. The van der Waals surface area contributed by atoms with E-state index in [9.17, 15) is 19.5 Å². The molecule has 2 unspecified atom stereocenters. The lowest BCUT2D eigenvalue weighted by molar-refractivity contribution is -0.148. The van der Waals surface area contributed by atoms with Crippen LogP contribution in [-0.4, -0.2) is 70.7 Å². The maximum Gasteiger partial charge on any atom is 0.352 e. The molecule has 2 aromatic heterocycles. The molecular formula is C16H15ClN6O4S3. The third kappa shape index (κ3) is 3.70. The maximum absolute atomic E-state index is 12.7. The van der Waals surface area contributed by atoms with Crippen LogP contribution in [0.2, 0.25) is 5.02 Å². The summed E-state index contributed by atoms with van der Waals surface area (Å²) >= 11 is 10.2. The number of aryl methyl sites for hydroxylation is 2. The maximum atomic E-state index is 12.7. The van der Waals surface area contributed by atoms with Crippen molar-refractivity contribution in [3.8, 4) is 0 Å². The number of carboxylic acids is 1. The minimum absolute atomic E-state index is 0.0263. The van der Waals surface area contributed by atoms with Crippen molar-refractivity contribution in [1.29, 1.82) is 0 Å². The molecule has 30 heavy (non-hydrogen) atoms. The standard InChI is InChI=1S/C16H15ClN6O4S3/c1-6-20-21-16(30-6)29-5-7-4-28-14-9(13(25)23(14)10(7)15(26)27)19-12(24)11-8(17)3-18-22(11)2/h3,9,14H,4-5H2,1-2H3,(H,19,24)(H,26,27). The fraction of sp³-hybridized carbons (Fsp3) is 0.375. The number of carbonyl (C=O) groups excluding carboxylic acids is 2. The van der Waals surface area contributed by atoms with Gasteiger partial charge in [-0.25, -0.2) is 4.79 Å². The molecule has 0 bridgehead atoms. The molecule has 1 saturated heterocycles. The summed E-state index contributed by atoms with van der Waals surface area (Å²) in [5.41, 5.74) is 0.748. The van der Waals surface area contributed by atoms with Gasteiger partial charge in [-0.3, -0.25) is 19.2 Å². The van der Waals surface area contributed by atoms with Gasteiger partial charge in [0.05, 0.1) is 11.2 Å². The van der Waals surface area contributed by atoms with Gasteiger partial charge >= 0.3 is 5.97 Å². The third-order valence-electron chi connectivity index (χ3n) is 4.52. The van der Waals surface area contributed by atoms with Crippen molar-refractivity contribution >= 4 is 64.2 Å². The zero-order valence-corrected chi connectivity index (χ0v) is 18.9. The molecule has 0 aliphatic carbocycles. The van der Waals surface area contributed by atoms with Crippen LogP contribution in [0.5, 0.6) is 0 Å². The molecule has 2 aliphatic heterocycles. The Balaban J connectivity index is 1.50. The Bertz CT molecular complexity index is 1060. The van der Waals surface area contributed by atoms with Gasteiger partial charge in [0, 0.05) is 18.6 Å². The van der Waals surface area contributed by atoms with E-state index in [-0.39, 0.29) is 16.4 Å². The molecule has 0 saturated carbocycles. The number of hydrogen-bond acceptors (Lipinski definition) is 9. The summed E-state index contributed by atoms with van der Waals surface area (Å²) in [4.78, 5) is 38.4. The first-order valence-electron chi connectivity index (χ1n) is 8.59. The molecule has 2 atom stereocenters. The van der Waals surface area contributed by atoms with Gasteiger partial charge in [-0.2, -0.15) is 5.10 Å². The second-order valence-electron chi connectivity index (χ2n) is 6.46. The Morgan fingerprint density at radius 2 is 2.20 bits per heavy atom. The topological polar surface area (TPSA) is 130 Å². The lowest BCUT2D eigenvalue weighted by Gasteiger charge is -2.49. The van der Waals surface area contributed by atoms with Gasteiger partial charge in [0.2, 0.25) is 0 Å². The molecule has 158 valence electrons. The van der Waals surface area contributed by atoms with Crippen LogP contribution in [0.4, 0.5) is 0 Å². The van der Waals surface area contributed by atoms with Crippen LogP contribution >= 0.6 is 46.5 Å². The molecule has 1 fully saturated rings. The second-order valence-corrected chi connectivity index (χ2v) is 10.4. The van der Waals surface area contributed by atoms with E-state index in [2.05, 4.69) is 20.6 Å². The number of fused-ring (bicyclic) bond motifs is 1. The van der Waals surface area contributed by atoms with Crippen LogP contribution in [-0.2, 0) is 16.6 Å². The van der Waals surface area contributed by atoms with Crippen LogP contribution in [0, 0.1) is 6.92 Å². The van der Waals surface area contributed by atoms with Crippen molar-refractivity contribution in [2.45, 2.75) is 22.7 Å². The summed E-state index contributed by atoms with van der Waals surface area (Å²) in [6.07, 6.45) is 1.34. The van der Waals surface area contributed by atoms with Crippen molar-refractivity contribution in [3.05, 3.63) is 33.2 Å². The van der Waals surface area contributed by atoms with Gasteiger partial charge in [0.25, 0.3) is 11.8 Å². The Hall–Kier alpha value is -2.09. The number of thioether (sulfide) groups is 2. The quantitative estimate of drug-likeness (QED) is 0.459. The number of rotatable bonds is 6. The molecule has 2 amide bonds. The van der Waals surface area contributed by atoms with Crippen molar-refractivity contribution in [1.82, 2.24) is 30.2 Å². The summed E-state index contributed by atoms with van der Waals surface area (Å²) in [5, 5.41) is 24.8. The predicted octanol–water partition coefficient (Wildman–Crippen LogP) is 1.38. The molecule has 2 N–H and O–H groups in total. The predicted molar refractivity (Wildman–Crippen MR) is 113 cm³/mol. The van der Waals surface area contributed by atoms with E-state index in [1.165, 1.54) is 50.6 Å². The number of aliphatic carboxylic acids is 1. The lowest BCUT2D eigenvalue weighted by atomic mass is 10.0. The SMILES string of the molecule is Cc1nnc(SCC2=C(C(=O)O)N3C(=O)C(NC(=O)c4c(Cl)cnn4C)C3SC2)s1. The summed E-state index contributed by atoms with van der Waals surface area (Å²) in [6, 6.07) is -0.831. The smallest absolute Gasteiger partial charge is 0.352 e. The first kappa shape index (κ1) is 21.2. The number of amides is 2. The fourth-order valence-electron chi connectivity index (χ4n) is 3.16. The highest BCUT2D eigenvalue weighted by Gasteiger charge is 2.54. The molecule has 10 nitrogen and oxygen atoms in total. The lowest BCUT2D eigenvalue weighted by Crippen LogP contribution is -2.70. The number of hydrogen-bond donors (Lipinski definition) is 2. The van der Waals surface area contributed by atoms with E-state index in [4.69, 9.17) is 11.6 Å². The van der Waals surface area contributed by atoms with E-state index in [0.29, 0.717) is 17.1 Å². The molecule has 0 aromatic carbocycles. The van der Waals surface area contributed by atoms with Crippen molar-refractivity contribution in [2.75, 3.05) is 11.5 Å². The highest BCUT2D eigenvalue weighted by molar-refractivity contribution is 8.01. The van der Waals surface area contributed by atoms with E-state index < -0.39 is 29.2 Å². The molecule has 4 heterocycles. The number of carboxylic acid groups (broad SMARTS) is 1. The van der Waals surface area contributed by atoms with Gasteiger partial charge < -0.3 is 10.4 Å². The average Bonchev–Trinajstić information content (AvgIpc) is 3.27. The summed E-state index contributed by atoms with van der Waals surface area (Å²) < 4.78 is 2.06. The summed E-state index contributed by atoms with van der Waals surface area (Å²) in [7, 11) is 1.57. The van der Waals surface area contributed by atoms with Gasteiger partial charge in [-0.1, -0.05) is 34.7 Å². The van der Waals surface area contributed by atoms with Crippen LogP contribution in [0.15, 0.2) is 21.8 Å². The fourth-order valence-corrected chi connectivity index (χ4v) is 6.71. The van der Waals surface area contributed by atoms with Crippen molar-refractivity contribution < 1.29 is 19.5 Å². The first-order chi connectivity index (χ1) is 14.3. The Morgan fingerprint density at radius 1 is 1.43 bits per heavy atom. The van der Waals surface area contributed by atoms with Crippen LogP contribution in [0.3, 0.4) is 0 Å². The molecule has 2 aliphatic rings.